The van der Waals surface area contributed by atoms with E-state index in [4.69, 9.17) is 11.1 Å². The summed E-state index contributed by atoms with van der Waals surface area (Å²) in [5.74, 6) is -1.53. The molecule has 0 radical (unpaired) electrons. The lowest BCUT2D eigenvalue weighted by atomic mass is 10.3. The minimum absolute atomic E-state index is 0.291. The van der Waals surface area contributed by atoms with Crippen molar-refractivity contribution >= 4 is 5.84 Å². The Labute approximate surface area is 102 Å². The lowest BCUT2D eigenvalue weighted by Crippen LogP contribution is -2.46. The summed E-state index contributed by atoms with van der Waals surface area (Å²) in [5, 5.41) is 6.98. The highest BCUT2D eigenvalue weighted by Crippen LogP contribution is 2.35. The van der Waals surface area contributed by atoms with Gasteiger partial charge in [-0.05, 0) is 6.07 Å². The molecular weight excluding hydrogens is 280 g/mol. The predicted octanol–water partition coefficient (Wildman–Crippen LogP) is 2.24. The fourth-order valence-corrected chi connectivity index (χ4v) is 1.07. The van der Waals surface area contributed by atoms with Crippen molar-refractivity contribution in [1.82, 2.24) is 4.98 Å². The van der Waals surface area contributed by atoms with Crippen LogP contribution in [0.3, 0.4) is 0 Å². The van der Waals surface area contributed by atoms with E-state index in [1.54, 1.807) is 0 Å². The fraction of sp³-hybridized carbons (Fsp3) is 0.333. The molecule has 1 heterocycles. The summed E-state index contributed by atoms with van der Waals surface area (Å²) in [6, 6.07) is 3.02. The van der Waals surface area contributed by atoms with Crippen molar-refractivity contribution in [3.63, 3.8) is 0 Å². The summed E-state index contributed by atoms with van der Waals surface area (Å²) in [7, 11) is 0. The number of rotatable bonds is 3. The van der Waals surface area contributed by atoms with Crippen LogP contribution in [0.15, 0.2) is 18.2 Å². The van der Waals surface area contributed by atoms with E-state index in [0.29, 0.717) is 0 Å². The van der Waals surface area contributed by atoms with Crippen molar-refractivity contribution < 1.29 is 31.1 Å². The Morgan fingerprint density at radius 2 is 1.68 bits per heavy atom. The van der Waals surface area contributed by atoms with E-state index < -0.39 is 30.2 Å². The number of hydrogen-bond donors (Lipinski definition) is 2. The highest BCUT2D eigenvalue weighted by Gasteiger charge is 2.59. The fourth-order valence-electron chi connectivity index (χ4n) is 1.07. The molecule has 0 unspecified atom stereocenters. The number of amidine groups is 1. The van der Waals surface area contributed by atoms with Gasteiger partial charge in [-0.1, -0.05) is 6.07 Å². The molecule has 3 N–H and O–H groups in total. The second kappa shape index (κ2) is 4.94. The largest absolute Gasteiger partial charge is 0.455 e. The third-order valence-electron chi connectivity index (χ3n) is 1.83. The maximum Gasteiger partial charge on any atom is 0.434 e. The molecule has 1 aromatic rings. The Morgan fingerprint density at radius 3 is 2.11 bits per heavy atom. The van der Waals surface area contributed by atoms with Crippen LogP contribution in [-0.4, -0.2) is 29.3 Å². The van der Waals surface area contributed by atoms with E-state index in [0.717, 1.165) is 18.2 Å². The molecule has 1 aromatic heterocycles. The minimum atomic E-state index is -5.63. The Hall–Kier alpha value is -2.00. The van der Waals surface area contributed by atoms with Crippen LogP contribution in [0.2, 0.25) is 0 Å². The number of alkyl halides is 6. The molecule has 0 saturated carbocycles. The SMILES string of the molecule is N=C(N)c1cccc(OC(C(F)(F)F)C(F)(F)F)n1. The van der Waals surface area contributed by atoms with Gasteiger partial charge in [-0.3, -0.25) is 5.41 Å². The number of pyridine rings is 1. The highest BCUT2D eigenvalue weighted by atomic mass is 19.4. The molecule has 19 heavy (non-hydrogen) atoms. The first-order chi connectivity index (χ1) is 8.51. The van der Waals surface area contributed by atoms with Gasteiger partial charge < -0.3 is 10.5 Å². The number of ether oxygens (including phenoxy) is 1. The van der Waals surface area contributed by atoms with Crippen molar-refractivity contribution in [2.24, 2.45) is 5.73 Å². The number of nitrogens with one attached hydrogen (secondary N) is 1. The summed E-state index contributed by atoms with van der Waals surface area (Å²) in [6.07, 6.45) is -15.3. The smallest absolute Gasteiger partial charge is 0.434 e. The number of halogens is 6. The summed E-state index contributed by atoms with van der Waals surface area (Å²) >= 11 is 0. The normalized spacial score (nSPS) is 12.6. The lowest BCUT2D eigenvalue weighted by molar-refractivity contribution is -0.300. The Morgan fingerprint density at radius 1 is 1.16 bits per heavy atom. The van der Waals surface area contributed by atoms with E-state index in [-0.39, 0.29) is 5.69 Å². The zero-order chi connectivity index (χ0) is 14.8. The summed E-state index contributed by atoms with van der Waals surface area (Å²) < 4.78 is 77.1. The van der Waals surface area contributed by atoms with Crippen molar-refractivity contribution in [2.75, 3.05) is 0 Å². The van der Waals surface area contributed by atoms with E-state index in [2.05, 4.69) is 9.72 Å². The maximum atomic E-state index is 12.2. The second-order valence-corrected chi connectivity index (χ2v) is 3.36. The van der Waals surface area contributed by atoms with Crippen molar-refractivity contribution in [1.29, 1.82) is 5.41 Å². The first-order valence-electron chi connectivity index (χ1n) is 4.63. The molecule has 0 bridgehead atoms. The molecule has 0 saturated heterocycles. The summed E-state index contributed by atoms with van der Waals surface area (Å²) in [4.78, 5) is 3.27. The van der Waals surface area contributed by atoms with Crippen molar-refractivity contribution in [3.8, 4) is 5.88 Å². The first kappa shape index (κ1) is 15.1. The molecule has 0 aliphatic rings. The molecule has 4 nitrogen and oxygen atoms in total. The molecule has 0 fully saturated rings. The number of hydrogen-bond acceptors (Lipinski definition) is 3. The van der Waals surface area contributed by atoms with Crippen LogP contribution in [0.25, 0.3) is 0 Å². The molecule has 10 heteroatoms. The van der Waals surface area contributed by atoms with Crippen molar-refractivity contribution in [2.45, 2.75) is 18.5 Å². The standard InChI is InChI=1S/C9H7F6N3O/c10-8(11,12)7(9(13,14)15)19-5-3-1-2-4(18-5)6(16)17/h1-3,7H,(H3,16,17). The third kappa shape index (κ3) is 4.00. The Bertz CT molecular complexity index is 456. The quantitative estimate of drug-likeness (QED) is 0.509. The molecule has 0 aliphatic carbocycles. The zero-order valence-corrected chi connectivity index (χ0v) is 9.01. The predicted molar refractivity (Wildman–Crippen MR) is 51.8 cm³/mol. The van der Waals surface area contributed by atoms with Gasteiger partial charge in [0.05, 0.1) is 0 Å². The molecule has 0 spiro atoms. The third-order valence-corrected chi connectivity index (χ3v) is 1.83. The molecule has 0 aromatic carbocycles. The Balaban J connectivity index is 3.04. The van der Waals surface area contributed by atoms with Gasteiger partial charge in [-0.25, -0.2) is 4.98 Å². The van der Waals surface area contributed by atoms with E-state index in [1.807, 2.05) is 0 Å². The molecular formula is C9H7F6N3O. The monoisotopic (exact) mass is 287 g/mol. The van der Waals surface area contributed by atoms with Gasteiger partial charge in [0.15, 0.2) is 0 Å². The number of nitrogen functional groups attached to an aromatic ring is 1. The van der Waals surface area contributed by atoms with Crippen LogP contribution in [0.1, 0.15) is 5.69 Å². The van der Waals surface area contributed by atoms with Crippen LogP contribution in [0, 0.1) is 5.41 Å². The van der Waals surface area contributed by atoms with Gasteiger partial charge in [0.25, 0.3) is 6.10 Å². The van der Waals surface area contributed by atoms with E-state index >= 15 is 0 Å². The first-order valence-corrected chi connectivity index (χ1v) is 4.63. The van der Waals surface area contributed by atoms with E-state index in [1.165, 1.54) is 0 Å². The highest BCUT2D eigenvalue weighted by molar-refractivity contribution is 5.93. The van der Waals surface area contributed by atoms with E-state index in [9.17, 15) is 26.3 Å². The van der Waals surface area contributed by atoms with Gasteiger partial charge >= 0.3 is 12.4 Å². The van der Waals surface area contributed by atoms with Crippen LogP contribution < -0.4 is 10.5 Å². The molecule has 1 rings (SSSR count). The number of nitrogens with zero attached hydrogens (tertiary/aromatic N) is 1. The second-order valence-electron chi connectivity index (χ2n) is 3.36. The topological polar surface area (TPSA) is 72.0 Å². The Kier molecular flexibility index (Phi) is 3.91. The zero-order valence-electron chi connectivity index (χ0n) is 9.01. The van der Waals surface area contributed by atoms with Crippen LogP contribution >= 0.6 is 0 Å². The van der Waals surface area contributed by atoms with Gasteiger partial charge in [0, 0.05) is 6.07 Å². The van der Waals surface area contributed by atoms with Gasteiger partial charge in [-0.15, -0.1) is 0 Å². The van der Waals surface area contributed by atoms with Crippen LogP contribution in [0.5, 0.6) is 5.88 Å². The number of aromatic nitrogens is 1. The maximum absolute atomic E-state index is 12.2. The molecule has 106 valence electrons. The van der Waals surface area contributed by atoms with Crippen molar-refractivity contribution in [3.05, 3.63) is 23.9 Å². The summed E-state index contributed by atoms with van der Waals surface area (Å²) in [6.45, 7) is 0. The van der Waals surface area contributed by atoms with Crippen LogP contribution in [0.4, 0.5) is 26.3 Å². The summed E-state index contributed by atoms with van der Waals surface area (Å²) in [5.41, 5.74) is 4.71. The lowest BCUT2D eigenvalue weighted by Gasteiger charge is -2.23. The molecule has 0 aliphatic heterocycles. The average molecular weight is 287 g/mol. The average Bonchev–Trinajstić information content (AvgIpc) is 2.23. The van der Waals surface area contributed by atoms with Gasteiger partial charge in [0.2, 0.25) is 5.88 Å². The molecule has 0 amide bonds. The minimum Gasteiger partial charge on any atom is -0.455 e. The van der Waals surface area contributed by atoms with Crippen LogP contribution in [-0.2, 0) is 0 Å². The molecule has 0 atom stereocenters. The number of nitrogens with two attached hydrogens (primary N) is 1. The van der Waals surface area contributed by atoms with Gasteiger partial charge in [-0.2, -0.15) is 26.3 Å². The van der Waals surface area contributed by atoms with Gasteiger partial charge in [0.1, 0.15) is 11.5 Å².